The summed E-state index contributed by atoms with van der Waals surface area (Å²) in [6.45, 7) is 0. The van der Waals surface area contributed by atoms with E-state index in [1.807, 2.05) is 7.05 Å². The maximum Gasteiger partial charge on any atom is 0.154 e. The molecule has 2 rings (SSSR count). The number of aromatic nitrogens is 4. The fourth-order valence-electron chi connectivity index (χ4n) is 1.24. The highest BCUT2D eigenvalue weighted by Crippen LogP contribution is 2.16. The predicted molar refractivity (Wildman–Crippen MR) is 49.3 cm³/mol. The molecule has 0 amide bonds. The van der Waals surface area contributed by atoms with Crippen molar-refractivity contribution in [2.24, 2.45) is 7.05 Å². The molecule has 1 atom stereocenters. The van der Waals surface area contributed by atoms with E-state index in [0.29, 0.717) is 11.5 Å². The second-order valence-electron chi connectivity index (χ2n) is 2.93. The topological polar surface area (TPSA) is 63.8 Å². The van der Waals surface area contributed by atoms with Gasteiger partial charge in [0.15, 0.2) is 6.10 Å². The molecule has 2 aromatic heterocycles. The molecule has 0 spiro atoms. The Balaban J connectivity index is 2.34. The zero-order valence-corrected chi connectivity index (χ0v) is 7.70. The van der Waals surface area contributed by atoms with Crippen LogP contribution in [0, 0.1) is 0 Å². The lowest BCUT2D eigenvalue weighted by Gasteiger charge is -2.08. The first kappa shape index (κ1) is 8.83. The lowest BCUT2D eigenvalue weighted by molar-refractivity contribution is 0.201. The normalized spacial score (nSPS) is 12.7. The zero-order valence-electron chi connectivity index (χ0n) is 7.70. The first-order valence-corrected chi connectivity index (χ1v) is 4.20. The van der Waals surface area contributed by atoms with Crippen molar-refractivity contribution in [2.75, 3.05) is 0 Å². The molecule has 14 heavy (non-hydrogen) atoms. The van der Waals surface area contributed by atoms with Crippen molar-refractivity contribution in [1.29, 1.82) is 0 Å². The Morgan fingerprint density at radius 3 is 2.79 bits per heavy atom. The molecule has 72 valence electrons. The van der Waals surface area contributed by atoms with E-state index in [2.05, 4.69) is 15.0 Å². The molecule has 0 aromatic carbocycles. The van der Waals surface area contributed by atoms with Crippen molar-refractivity contribution in [2.45, 2.75) is 6.10 Å². The first-order chi connectivity index (χ1) is 6.79. The Kier molecular flexibility index (Phi) is 2.24. The van der Waals surface area contributed by atoms with Crippen LogP contribution in [0.4, 0.5) is 0 Å². The summed E-state index contributed by atoms with van der Waals surface area (Å²) in [5.41, 5.74) is 0.550. The van der Waals surface area contributed by atoms with Crippen molar-refractivity contribution in [3.8, 4) is 0 Å². The molecule has 5 heteroatoms. The number of imidazole rings is 1. The molecule has 0 radical (unpaired) electrons. The van der Waals surface area contributed by atoms with Gasteiger partial charge < -0.3 is 9.67 Å². The van der Waals surface area contributed by atoms with Crippen LogP contribution in [0.5, 0.6) is 0 Å². The van der Waals surface area contributed by atoms with Crippen LogP contribution >= 0.6 is 0 Å². The summed E-state index contributed by atoms with van der Waals surface area (Å²) in [5.74, 6) is 0.573. The van der Waals surface area contributed by atoms with Crippen LogP contribution in [0.3, 0.4) is 0 Å². The number of aliphatic hydroxyl groups is 1. The third-order valence-corrected chi connectivity index (χ3v) is 1.99. The maximum absolute atomic E-state index is 9.89. The molecule has 0 saturated heterocycles. The van der Waals surface area contributed by atoms with Gasteiger partial charge in [-0.2, -0.15) is 0 Å². The fourth-order valence-corrected chi connectivity index (χ4v) is 1.24. The van der Waals surface area contributed by atoms with Crippen LogP contribution in [0.1, 0.15) is 17.6 Å². The first-order valence-electron chi connectivity index (χ1n) is 4.20. The van der Waals surface area contributed by atoms with Crippen LogP contribution < -0.4 is 0 Å². The van der Waals surface area contributed by atoms with Crippen LogP contribution in [-0.4, -0.2) is 24.6 Å². The Labute approximate surface area is 81.1 Å². The van der Waals surface area contributed by atoms with Gasteiger partial charge in [-0.25, -0.2) is 15.0 Å². The number of aryl methyl sites for hydroxylation is 1. The Bertz CT molecular complexity index is 412. The summed E-state index contributed by atoms with van der Waals surface area (Å²) in [6.07, 6.45) is 5.62. The lowest BCUT2D eigenvalue weighted by atomic mass is 10.2. The summed E-state index contributed by atoms with van der Waals surface area (Å²) in [4.78, 5) is 11.8. The van der Waals surface area contributed by atoms with E-state index in [9.17, 15) is 5.11 Å². The van der Waals surface area contributed by atoms with Crippen LogP contribution in [0.2, 0.25) is 0 Å². The molecule has 0 fully saturated rings. The number of aliphatic hydroxyl groups excluding tert-OH is 1. The summed E-state index contributed by atoms with van der Waals surface area (Å²) in [6, 6.07) is 1.67. The quantitative estimate of drug-likeness (QED) is 0.739. The predicted octanol–water partition coefficient (Wildman–Crippen LogP) is 0.292. The zero-order chi connectivity index (χ0) is 9.97. The molecule has 2 heterocycles. The van der Waals surface area contributed by atoms with Crippen molar-refractivity contribution in [1.82, 2.24) is 19.5 Å². The van der Waals surface area contributed by atoms with Gasteiger partial charge in [0.25, 0.3) is 0 Å². The van der Waals surface area contributed by atoms with Crippen LogP contribution in [0.25, 0.3) is 0 Å². The largest absolute Gasteiger partial charge is 0.379 e. The highest BCUT2D eigenvalue weighted by Gasteiger charge is 2.15. The van der Waals surface area contributed by atoms with Crippen molar-refractivity contribution >= 4 is 0 Å². The van der Waals surface area contributed by atoms with Gasteiger partial charge >= 0.3 is 0 Å². The van der Waals surface area contributed by atoms with Crippen molar-refractivity contribution in [3.63, 3.8) is 0 Å². The van der Waals surface area contributed by atoms with Crippen molar-refractivity contribution < 1.29 is 5.11 Å². The standard InChI is InChI=1S/C9H10N4O/c1-13-5-4-11-9(13)8(14)7-2-3-10-6-12-7/h2-6,8,14H,1H3. The molecule has 0 aliphatic carbocycles. The van der Waals surface area contributed by atoms with Gasteiger partial charge in [0.1, 0.15) is 12.2 Å². The van der Waals surface area contributed by atoms with Gasteiger partial charge in [-0.1, -0.05) is 0 Å². The van der Waals surface area contributed by atoms with Gasteiger partial charge in [-0.3, -0.25) is 0 Å². The molecule has 1 unspecified atom stereocenters. The van der Waals surface area contributed by atoms with E-state index in [1.54, 1.807) is 29.2 Å². The van der Waals surface area contributed by atoms with E-state index in [-0.39, 0.29) is 0 Å². The SMILES string of the molecule is Cn1ccnc1C(O)c1ccncn1. The van der Waals surface area contributed by atoms with Gasteiger partial charge in [0.05, 0.1) is 5.69 Å². The summed E-state index contributed by atoms with van der Waals surface area (Å²) >= 11 is 0. The van der Waals surface area contributed by atoms with Gasteiger partial charge in [0.2, 0.25) is 0 Å². The molecule has 5 nitrogen and oxygen atoms in total. The number of nitrogens with zero attached hydrogens (tertiary/aromatic N) is 4. The van der Waals surface area contributed by atoms with Crippen LogP contribution in [0.15, 0.2) is 31.0 Å². The van der Waals surface area contributed by atoms with Crippen LogP contribution in [-0.2, 0) is 7.05 Å². The molecule has 0 aliphatic rings. The van der Waals surface area contributed by atoms with E-state index >= 15 is 0 Å². The molecular weight excluding hydrogens is 180 g/mol. The molecular formula is C9H10N4O. The van der Waals surface area contributed by atoms with Gasteiger partial charge in [0, 0.05) is 25.6 Å². The van der Waals surface area contributed by atoms with Gasteiger partial charge in [-0.15, -0.1) is 0 Å². The highest BCUT2D eigenvalue weighted by molar-refractivity contribution is 5.12. The summed E-state index contributed by atoms with van der Waals surface area (Å²) < 4.78 is 1.76. The Morgan fingerprint density at radius 1 is 1.36 bits per heavy atom. The second kappa shape index (κ2) is 3.55. The second-order valence-corrected chi connectivity index (χ2v) is 2.93. The van der Waals surface area contributed by atoms with E-state index < -0.39 is 6.10 Å². The molecule has 0 saturated carbocycles. The smallest absolute Gasteiger partial charge is 0.154 e. The Hall–Kier alpha value is -1.75. The average Bonchev–Trinajstić information content (AvgIpc) is 2.65. The summed E-state index contributed by atoms with van der Waals surface area (Å²) in [7, 11) is 1.83. The number of rotatable bonds is 2. The van der Waals surface area contributed by atoms with Gasteiger partial charge in [-0.05, 0) is 6.07 Å². The maximum atomic E-state index is 9.89. The van der Waals surface area contributed by atoms with Crippen molar-refractivity contribution in [3.05, 3.63) is 42.5 Å². The lowest BCUT2D eigenvalue weighted by Crippen LogP contribution is -2.08. The number of hydrogen-bond donors (Lipinski definition) is 1. The molecule has 2 aromatic rings. The fraction of sp³-hybridized carbons (Fsp3) is 0.222. The van der Waals surface area contributed by atoms with E-state index in [0.717, 1.165) is 0 Å². The third kappa shape index (κ3) is 1.49. The third-order valence-electron chi connectivity index (χ3n) is 1.99. The van der Waals surface area contributed by atoms with E-state index in [1.165, 1.54) is 6.33 Å². The Morgan fingerprint density at radius 2 is 2.21 bits per heavy atom. The van der Waals surface area contributed by atoms with E-state index in [4.69, 9.17) is 0 Å². The minimum absolute atomic E-state index is 0.550. The minimum atomic E-state index is -0.794. The number of hydrogen-bond acceptors (Lipinski definition) is 4. The molecule has 0 aliphatic heterocycles. The molecule has 1 N–H and O–H groups in total. The average molecular weight is 190 g/mol. The summed E-state index contributed by atoms with van der Waals surface area (Å²) in [5, 5.41) is 9.89. The highest BCUT2D eigenvalue weighted by atomic mass is 16.3. The monoisotopic (exact) mass is 190 g/mol. The minimum Gasteiger partial charge on any atom is -0.379 e. The molecule has 0 bridgehead atoms.